The number of halogens is 3. The van der Waals surface area contributed by atoms with E-state index in [2.05, 4.69) is 15.4 Å². The van der Waals surface area contributed by atoms with Gasteiger partial charge in [-0.05, 0) is 30.7 Å². The number of hydrogen-bond acceptors (Lipinski definition) is 3. The normalized spacial score (nSPS) is 11.8. The maximum Gasteiger partial charge on any atom is 0.435 e. The number of aryl methyl sites for hydroxylation is 2. The van der Waals surface area contributed by atoms with Gasteiger partial charge in [-0.1, -0.05) is 18.2 Å². The molecule has 9 heteroatoms. The highest BCUT2D eigenvalue weighted by Gasteiger charge is 2.39. The number of nitrogens with one attached hydrogen (secondary N) is 1. The molecule has 4 aromatic rings. The Balaban J connectivity index is 1.57. The average molecular weight is 399 g/mol. The predicted molar refractivity (Wildman–Crippen MR) is 102 cm³/mol. The summed E-state index contributed by atoms with van der Waals surface area (Å²) in [5, 5.41) is 5.83. The average Bonchev–Trinajstić information content (AvgIpc) is 3.27. The molecule has 0 aliphatic rings. The molecule has 148 valence electrons. The molecule has 1 aromatic carbocycles. The fraction of sp³-hybridized carbons (Fsp3) is 0.150. The summed E-state index contributed by atoms with van der Waals surface area (Å²) >= 11 is 0. The van der Waals surface area contributed by atoms with Crippen molar-refractivity contribution >= 4 is 17.2 Å². The van der Waals surface area contributed by atoms with E-state index in [0.29, 0.717) is 5.69 Å². The lowest BCUT2D eigenvalue weighted by Gasteiger charge is -2.08. The Morgan fingerprint density at radius 2 is 1.83 bits per heavy atom. The summed E-state index contributed by atoms with van der Waals surface area (Å²) in [5.41, 5.74) is 2.09. The molecule has 0 aliphatic heterocycles. The van der Waals surface area contributed by atoms with Crippen LogP contribution in [0.3, 0.4) is 0 Å². The highest BCUT2D eigenvalue weighted by Crippen LogP contribution is 2.31. The van der Waals surface area contributed by atoms with Crippen LogP contribution in [0.2, 0.25) is 0 Å². The van der Waals surface area contributed by atoms with Crippen molar-refractivity contribution in [2.45, 2.75) is 13.1 Å². The van der Waals surface area contributed by atoms with Crippen LogP contribution in [0.15, 0.2) is 55.0 Å². The minimum Gasteiger partial charge on any atom is -0.322 e. The van der Waals surface area contributed by atoms with E-state index in [4.69, 9.17) is 0 Å². The maximum absolute atomic E-state index is 13.1. The summed E-state index contributed by atoms with van der Waals surface area (Å²) in [4.78, 5) is 16.9. The van der Waals surface area contributed by atoms with Gasteiger partial charge >= 0.3 is 6.18 Å². The SMILES string of the molecule is Cc1cccn2cc(-c3ccc(NC(=O)c4cn(C)nc4C(F)(F)F)cc3)nc12. The van der Waals surface area contributed by atoms with Gasteiger partial charge in [0.05, 0.1) is 11.3 Å². The molecular formula is C20H16F3N5O. The van der Waals surface area contributed by atoms with Crippen LogP contribution < -0.4 is 5.32 Å². The quantitative estimate of drug-likeness (QED) is 0.558. The Morgan fingerprint density at radius 3 is 2.48 bits per heavy atom. The zero-order valence-electron chi connectivity index (χ0n) is 15.5. The lowest BCUT2D eigenvalue weighted by molar-refractivity contribution is -0.141. The summed E-state index contributed by atoms with van der Waals surface area (Å²) in [5.74, 6) is -0.874. The fourth-order valence-electron chi connectivity index (χ4n) is 3.08. The Labute approximate surface area is 163 Å². The number of hydrogen-bond donors (Lipinski definition) is 1. The topological polar surface area (TPSA) is 64.2 Å². The summed E-state index contributed by atoms with van der Waals surface area (Å²) in [6.07, 6.45) is 0.130. The van der Waals surface area contributed by atoms with Crippen molar-refractivity contribution in [2.24, 2.45) is 7.05 Å². The number of anilines is 1. The second kappa shape index (κ2) is 6.77. The first-order valence-electron chi connectivity index (χ1n) is 8.69. The minimum atomic E-state index is -4.71. The van der Waals surface area contributed by atoms with Crippen molar-refractivity contribution in [1.29, 1.82) is 0 Å². The molecule has 3 heterocycles. The van der Waals surface area contributed by atoms with Gasteiger partial charge in [-0.25, -0.2) is 4.98 Å². The monoisotopic (exact) mass is 399 g/mol. The molecule has 0 unspecified atom stereocenters. The number of amides is 1. The minimum absolute atomic E-state index is 0.371. The van der Waals surface area contributed by atoms with E-state index in [9.17, 15) is 18.0 Å². The van der Waals surface area contributed by atoms with Crippen LogP contribution in [0.4, 0.5) is 18.9 Å². The van der Waals surface area contributed by atoms with Crippen molar-refractivity contribution in [2.75, 3.05) is 5.32 Å². The predicted octanol–water partition coefficient (Wildman–Crippen LogP) is 4.31. The number of pyridine rings is 1. The van der Waals surface area contributed by atoms with Gasteiger partial charge in [-0.2, -0.15) is 18.3 Å². The number of alkyl halides is 3. The molecule has 29 heavy (non-hydrogen) atoms. The number of nitrogens with zero attached hydrogens (tertiary/aromatic N) is 4. The number of imidazole rings is 1. The van der Waals surface area contributed by atoms with E-state index in [1.54, 1.807) is 24.3 Å². The molecule has 0 radical (unpaired) electrons. The molecule has 0 saturated heterocycles. The Kier molecular flexibility index (Phi) is 4.37. The van der Waals surface area contributed by atoms with Gasteiger partial charge in [-0.3, -0.25) is 9.48 Å². The van der Waals surface area contributed by atoms with Gasteiger partial charge in [0, 0.05) is 36.9 Å². The smallest absolute Gasteiger partial charge is 0.322 e. The van der Waals surface area contributed by atoms with E-state index in [0.717, 1.165) is 33.3 Å². The van der Waals surface area contributed by atoms with Crippen LogP contribution in [0.1, 0.15) is 21.6 Å². The van der Waals surface area contributed by atoms with E-state index < -0.39 is 23.3 Å². The number of carbonyl (C=O) groups is 1. The molecule has 6 nitrogen and oxygen atoms in total. The molecule has 0 fully saturated rings. The van der Waals surface area contributed by atoms with Crippen molar-refractivity contribution in [1.82, 2.24) is 19.2 Å². The summed E-state index contributed by atoms with van der Waals surface area (Å²) < 4.78 is 42.0. The van der Waals surface area contributed by atoms with Crippen LogP contribution in [0, 0.1) is 6.92 Å². The molecule has 0 atom stereocenters. The Bertz CT molecular complexity index is 1210. The largest absolute Gasteiger partial charge is 0.435 e. The molecule has 1 amide bonds. The second-order valence-electron chi connectivity index (χ2n) is 6.64. The Hall–Kier alpha value is -3.62. The van der Waals surface area contributed by atoms with Crippen LogP contribution in [-0.2, 0) is 13.2 Å². The molecule has 0 saturated carbocycles. The number of rotatable bonds is 3. The van der Waals surface area contributed by atoms with E-state index in [-0.39, 0.29) is 0 Å². The summed E-state index contributed by atoms with van der Waals surface area (Å²) in [7, 11) is 1.33. The molecule has 1 N–H and O–H groups in total. The summed E-state index contributed by atoms with van der Waals surface area (Å²) in [6.45, 7) is 1.97. The van der Waals surface area contributed by atoms with Gasteiger partial charge in [-0.15, -0.1) is 0 Å². The zero-order valence-corrected chi connectivity index (χ0v) is 15.5. The molecule has 4 rings (SSSR count). The first-order chi connectivity index (χ1) is 13.7. The van der Waals surface area contributed by atoms with Gasteiger partial charge in [0.2, 0.25) is 0 Å². The third-order valence-electron chi connectivity index (χ3n) is 4.46. The van der Waals surface area contributed by atoms with Crippen molar-refractivity contribution in [3.8, 4) is 11.3 Å². The molecule has 3 aromatic heterocycles. The van der Waals surface area contributed by atoms with Gasteiger partial charge < -0.3 is 9.72 Å². The lowest BCUT2D eigenvalue weighted by atomic mass is 10.1. The maximum atomic E-state index is 13.1. The van der Waals surface area contributed by atoms with Crippen LogP contribution in [-0.4, -0.2) is 25.1 Å². The molecule has 0 spiro atoms. The molecule has 0 aliphatic carbocycles. The third kappa shape index (κ3) is 3.58. The van der Waals surface area contributed by atoms with Crippen molar-refractivity contribution < 1.29 is 18.0 Å². The van der Waals surface area contributed by atoms with Gasteiger partial charge in [0.15, 0.2) is 5.69 Å². The number of carbonyl (C=O) groups excluding carboxylic acids is 1. The second-order valence-corrected chi connectivity index (χ2v) is 6.64. The number of aromatic nitrogens is 4. The van der Waals surface area contributed by atoms with E-state index in [1.165, 1.54) is 7.05 Å². The van der Waals surface area contributed by atoms with E-state index >= 15 is 0 Å². The third-order valence-corrected chi connectivity index (χ3v) is 4.46. The van der Waals surface area contributed by atoms with Gasteiger partial charge in [0.1, 0.15) is 5.65 Å². The van der Waals surface area contributed by atoms with Crippen LogP contribution in [0.5, 0.6) is 0 Å². The fourth-order valence-corrected chi connectivity index (χ4v) is 3.08. The van der Waals surface area contributed by atoms with Crippen molar-refractivity contribution in [3.05, 3.63) is 71.8 Å². The molecular weight excluding hydrogens is 383 g/mol. The highest BCUT2D eigenvalue weighted by molar-refractivity contribution is 6.05. The zero-order chi connectivity index (χ0) is 20.8. The standard InChI is InChI=1S/C20H16F3N5O/c1-12-4-3-9-28-11-16(25-18(12)28)13-5-7-14(8-6-13)24-19(29)15-10-27(2)26-17(15)20(21,22)23/h3-11H,1-2H3,(H,24,29). The van der Waals surface area contributed by atoms with Crippen LogP contribution in [0.25, 0.3) is 16.9 Å². The van der Waals surface area contributed by atoms with Crippen molar-refractivity contribution in [3.63, 3.8) is 0 Å². The number of fused-ring (bicyclic) bond motifs is 1. The highest BCUT2D eigenvalue weighted by atomic mass is 19.4. The molecule has 0 bridgehead atoms. The first-order valence-corrected chi connectivity index (χ1v) is 8.69. The first kappa shape index (κ1) is 18.7. The van der Waals surface area contributed by atoms with Crippen LogP contribution >= 0.6 is 0 Å². The summed E-state index contributed by atoms with van der Waals surface area (Å²) in [6, 6.07) is 10.6. The van der Waals surface area contributed by atoms with Gasteiger partial charge in [0.25, 0.3) is 5.91 Å². The lowest BCUT2D eigenvalue weighted by Crippen LogP contribution is -2.17. The number of benzene rings is 1. The Morgan fingerprint density at radius 1 is 1.10 bits per heavy atom. The van der Waals surface area contributed by atoms with E-state index in [1.807, 2.05) is 35.9 Å².